The maximum atomic E-state index is 12.8. The second-order valence-electron chi connectivity index (χ2n) is 7.07. The summed E-state index contributed by atoms with van der Waals surface area (Å²) in [7, 11) is 0. The SMILES string of the molecule is CC(C)(C)OC(=O)N1CC[C@H](NCC2(C(F)(F)F)CC2)C1. The fourth-order valence-corrected chi connectivity index (χ4v) is 2.47. The number of nitrogens with zero attached hydrogens (tertiary/aromatic N) is 1. The second-order valence-corrected chi connectivity index (χ2v) is 7.07. The summed E-state index contributed by atoms with van der Waals surface area (Å²) in [6.45, 7) is 6.24. The van der Waals surface area contributed by atoms with E-state index >= 15 is 0 Å². The number of amides is 1. The highest BCUT2D eigenvalue weighted by Crippen LogP contribution is 2.57. The lowest BCUT2D eigenvalue weighted by Crippen LogP contribution is -2.42. The summed E-state index contributed by atoms with van der Waals surface area (Å²) >= 11 is 0. The third-order valence-corrected chi connectivity index (χ3v) is 4.02. The summed E-state index contributed by atoms with van der Waals surface area (Å²) in [5.74, 6) is 0. The number of hydrogen-bond donors (Lipinski definition) is 1. The number of nitrogens with one attached hydrogen (secondary N) is 1. The largest absolute Gasteiger partial charge is 0.444 e. The van der Waals surface area contributed by atoms with Crippen LogP contribution in [0.15, 0.2) is 0 Å². The number of ether oxygens (including phenoxy) is 1. The van der Waals surface area contributed by atoms with Gasteiger partial charge in [-0.1, -0.05) is 0 Å². The van der Waals surface area contributed by atoms with Gasteiger partial charge in [0.15, 0.2) is 0 Å². The Labute approximate surface area is 123 Å². The average Bonchev–Trinajstić information content (AvgIpc) is 2.96. The van der Waals surface area contributed by atoms with E-state index in [9.17, 15) is 18.0 Å². The maximum absolute atomic E-state index is 12.8. The zero-order valence-corrected chi connectivity index (χ0v) is 12.7. The normalized spacial score (nSPS) is 25.0. The highest BCUT2D eigenvalue weighted by molar-refractivity contribution is 5.68. The van der Waals surface area contributed by atoms with Crippen molar-refractivity contribution < 1.29 is 22.7 Å². The first-order valence-electron chi connectivity index (χ1n) is 7.30. The van der Waals surface area contributed by atoms with E-state index in [1.807, 2.05) is 0 Å². The summed E-state index contributed by atoms with van der Waals surface area (Å²) in [5.41, 5.74) is -2.09. The molecule has 0 aromatic carbocycles. The fourth-order valence-electron chi connectivity index (χ4n) is 2.47. The number of carbonyl (C=O) groups is 1. The van der Waals surface area contributed by atoms with Gasteiger partial charge in [0.05, 0.1) is 5.41 Å². The van der Waals surface area contributed by atoms with Crippen molar-refractivity contribution in [3.05, 3.63) is 0 Å². The van der Waals surface area contributed by atoms with E-state index in [-0.39, 0.29) is 25.4 Å². The van der Waals surface area contributed by atoms with E-state index in [4.69, 9.17) is 4.74 Å². The molecule has 1 aliphatic heterocycles. The molecule has 0 spiro atoms. The van der Waals surface area contributed by atoms with Crippen LogP contribution in [0.3, 0.4) is 0 Å². The quantitative estimate of drug-likeness (QED) is 0.871. The van der Waals surface area contributed by atoms with Gasteiger partial charge in [-0.3, -0.25) is 0 Å². The van der Waals surface area contributed by atoms with Crippen LogP contribution in [0.2, 0.25) is 0 Å². The molecular formula is C14H23F3N2O2. The first-order chi connectivity index (χ1) is 9.52. The second kappa shape index (κ2) is 5.34. The van der Waals surface area contributed by atoms with Crippen LogP contribution in [-0.2, 0) is 4.74 Å². The highest BCUT2D eigenvalue weighted by atomic mass is 19.4. The smallest absolute Gasteiger partial charge is 0.410 e. The minimum absolute atomic E-state index is 0.0523. The van der Waals surface area contributed by atoms with Crippen molar-refractivity contribution in [3.8, 4) is 0 Å². The van der Waals surface area contributed by atoms with E-state index in [0.717, 1.165) is 0 Å². The number of carbonyl (C=O) groups excluding carboxylic acids is 1. The van der Waals surface area contributed by atoms with Crippen LogP contribution < -0.4 is 5.32 Å². The molecule has 4 nitrogen and oxygen atoms in total. The molecular weight excluding hydrogens is 285 g/mol. The van der Waals surface area contributed by atoms with Crippen molar-refractivity contribution in [1.29, 1.82) is 0 Å². The van der Waals surface area contributed by atoms with Gasteiger partial charge in [0.2, 0.25) is 0 Å². The molecule has 0 aromatic rings. The molecule has 2 rings (SSSR count). The standard InChI is InChI=1S/C14H23F3N2O2/c1-12(2,3)21-11(20)19-7-4-10(8-19)18-9-13(5-6-13)14(15,16)17/h10,18H,4-9H2,1-3H3/t10-/m0/s1. The molecule has 2 fully saturated rings. The topological polar surface area (TPSA) is 41.6 Å². The number of halogens is 3. The monoisotopic (exact) mass is 308 g/mol. The molecule has 1 saturated heterocycles. The molecule has 7 heteroatoms. The summed E-state index contributed by atoms with van der Waals surface area (Å²) in [6, 6.07) is -0.0858. The van der Waals surface area contributed by atoms with E-state index in [1.165, 1.54) is 0 Å². The van der Waals surface area contributed by atoms with Crippen molar-refractivity contribution in [2.24, 2.45) is 5.41 Å². The first kappa shape index (κ1) is 16.4. The molecule has 21 heavy (non-hydrogen) atoms. The molecule has 1 N–H and O–H groups in total. The average molecular weight is 308 g/mol. The molecule has 0 aromatic heterocycles. The Morgan fingerprint density at radius 2 is 1.95 bits per heavy atom. The minimum Gasteiger partial charge on any atom is -0.444 e. The molecule has 2 aliphatic rings. The van der Waals surface area contributed by atoms with Crippen LogP contribution in [0.4, 0.5) is 18.0 Å². The van der Waals surface area contributed by atoms with E-state index < -0.39 is 23.3 Å². The Bertz CT molecular complexity index is 400. The summed E-state index contributed by atoms with van der Waals surface area (Å²) < 4.78 is 43.8. The lowest BCUT2D eigenvalue weighted by molar-refractivity contribution is -0.185. The predicted molar refractivity (Wildman–Crippen MR) is 71.9 cm³/mol. The Morgan fingerprint density at radius 1 is 1.33 bits per heavy atom. The highest BCUT2D eigenvalue weighted by Gasteiger charge is 2.62. The number of hydrogen-bond acceptors (Lipinski definition) is 3. The lowest BCUT2D eigenvalue weighted by atomic mass is 10.1. The molecule has 1 atom stereocenters. The third kappa shape index (κ3) is 4.02. The number of rotatable bonds is 3. The fraction of sp³-hybridized carbons (Fsp3) is 0.929. The zero-order chi connectivity index (χ0) is 15.9. The van der Waals surface area contributed by atoms with Crippen LogP contribution in [0.5, 0.6) is 0 Å². The van der Waals surface area contributed by atoms with Gasteiger partial charge in [-0.05, 0) is 40.0 Å². The van der Waals surface area contributed by atoms with Gasteiger partial charge in [0.1, 0.15) is 5.60 Å². The van der Waals surface area contributed by atoms with Crippen LogP contribution in [0.25, 0.3) is 0 Å². The predicted octanol–water partition coefficient (Wildman–Crippen LogP) is 2.93. The van der Waals surface area contributed by atoms with Gasteiger partial charge in [-0.25, -0.2) is 4.79 Å². The van der Waals surface area contributed by atoms with E-state index in [2.05, 4.69) is 5.32 Å². The van der Waals surface area contributed by atoms with Crippen LogP contribution in [-0.4, -0.2) is 48.4 Å². The van der Waals surface area contributed by atoms with Crippen molar-refractivity contribution in [3.63, 3.8) is 0 Å². The number of likely N-dealkylation sites (tertiary alicyclic amines) is 1. The first-order valence-corrected chi connectivity index (χ1v) is 7.30. The summed E-state index contributed by atoms with van der Waals surface area (Å²) in [6.07, 6.45) is -3.47. The van der Waals surface area contributed by atoms with Crippen LogP contribution in [0, 0.1) is 5.41 Å². The maximum Gasteiger partial charge on any atom is 0.410 e. The molecule has 1 amide bonds. The Hall–Kier alpha value is -0.980. The van der Waals surface area contributed by atoms with Gasteiger partial charge >= 0.3 is 12.3 Å². The van der Waals surface area contributed by atoms with Gasteiger partial charge < -0.3 is 15.0 Å². The summed E-state index contributed by atoms with van der Waals surface area (Å²) in [4.78, 5) is 13.4. The number of alkyl halides is 3. The van der Waals surface area contributed by atoms with Gasteiger partial charge in [0.25, 0.3) is 0 Å². The van der Waals surface area contributed by atoms with E-state index in [1.54, 1.807) is 25.7 Å². The Morgan fingerprint density at radius 3 is 2.43 bits per heavy atom. The van der Waals surface area contributed by atoms with Crippen LogP contribution in [0.1, 0.15) is 40.0 Å². The molecule has 1 heterocycles. The molecule has 0 radical (unpaired) electrons. The van der Waals surface area contributed by atoms with E-state index in [0.29, 0.717) is 19.5 Å². The molecule has 0 bridgehead atoms. The molecule has 122 valence electrons. The summed E-state index contributed by atoms with van der Waals surface area (Å²) in [5, 5.41) is 2.97. The Kier molecular flexibility index (Phi) is 4.17. The van der Waals surface area contributed by atoms with Crippen LogP contribution >= 0.6 is 0 Å². The molecule has 1 saturated carbocycles. The van der Waals surface area contributed by atoms with Crippen molar-refractivity contribution in [2.75, 3.05) is 19.6 Å². The Balaban J connectivity index is 1.77. The van der Waals surface area contributed by atoms with Crippen molar-refractivity contribution in [1.82, 2.24) is 10.2 Å². The molecule has 0 unspecified atom stereocenters. The minimum atomic E-state index is -4.14. The molecule has 1 aliphatic carbocycles. The zero-order valence-electron chi connectivity index (χ0n) is 12.7. The van der Waals surface area contributed by atoms with Crippen molar-refractivity contribution in [2.45, 2.75) is 57.9 Å². The lowest BCUT2D eigenvalue weighted by Gasteiger charge is -2.25. The van der Waals surface area contributed by atoms with Gasteiger partial charge in [0, 0.05) is 25.7 Å². The van der Waals surface area contributed by atoms with Gasteiger partial charge in [-0.2, -0.15) is 13.2 Å². The van der Waals surface area contributed by atoms with Crippen molar-refractivity contribution >= 4 is 6.09 Å². The van der Waals surface area contributed by atoms with Gasteiger partial charge in [-0.15, -0.1) is 0 Å². The third-order valence-electron chi connectivity index (χ3n) is 4.02.